The molecule has 4 nitrogen and oxygen atoms in total. The number of rotatable bonds is 1. The van der Waals surface area contributed by atoms with Crippen molar-refractivity contribution in [1.29, 1.82) is 0 Å². The van der Waals surface area contributed by atoms with Crippen LogP contribution in [-0.2, 0) is 14.3 Å². The highest BCUT2D eigenvalue weighted by atomic mass is 16.5. The van der Waals surface area contributed by atoms with Crippen molar-refractivity contribution < 1.29 is 14.3 Å². The lowest BCUT2D eigenvalue weighted by molar-refractivity contribution is -0.146. The van der Waals surface area contributed by atoms with Crippen molar-refractivity contribution in [3.63, 3.8) is 0 Å². The molecule has 1 atom stereocenters. The number of hydrogen-bond acceptors (Lipinski definition) is 3. The van der Waals surface area contributed by atoms with Crippen molar-refractivity contribution in [1.82, 2.24) is 5.32 Å². The Hall–Kier alpha value is -0.900. The molecule has 1 aliphatic carbocycles. The maximum Gasteiger partial charge on any atom is 0.229 e. The Labute approximate surface area is 95.7 Å². The van der Waals surface area contributed by atoms with E-state index in [1.807, 2.05) is 6.92 Å². The molecule has 90 valence electrons. The minimum absolute atomic E-state index is 0.0528. The van der Waals surface area contributed by atoms with E-state index in [2.05, 4.69) is 5.32 Å². The molecule has 0 aromatic rings. The first-order chi connectivity index (χ1) is 7.57. The van der Waals surface area contributed by atoms with E-state index in [1.165, 1.54) is 0 Å². The lowest BCUT2D eigenvalue weighted by Gasteiger charge is -2.45. The zero-order valence-corrected chi connectivity index (χ0v) is 9.91. The van der Waals surface area contributed by atoms with Crippen LogP contribution in [0.15, 0.2) is 0 Å². The maximum atomic E-state index is 11.7. The van der Waals surface area contributed by atoms with Gasteiger partial charge in [0.05, 0.1) is 6.10 Å². The highest BCUT2D eigenvalue weighted by Crippen LogP contribution is 2.47. The van der Waals surface area contributed by atoms with E-state index < -0.39 is 0 Å². The van der Waals surface area contributed by atoms with E-state index in [-0.39, 0.29) is 23.1 Å². The number of carbonyl (C=O) groups excluding carboxylic acids is 2. The first-order valence-corrected chi connectivity index (χ1v) is 5.94. The van der Waals surface area contributed by atoms with Gasteiger partial charge in [0, 0.05) is 19.4 Å². The first-order valence-electron chi connectivity index (χ1n) is 5.94. The lowest BCUT2D eigenvalue weighted by Crippen LogP contribution is -2.52. The predicted molar refractivity (Wildman–Crippen MR) is 58.6 cm³/mol. The Morgan fingerprint density at radius 3 is 2.50 bits per heavy atom. The molecule has 0 aromatic heterocycles. The van der Waals surface area contributed by atoms with E-state index in [0.29, 0.717) is 12.5 Å². The van der Waals surface area contributed by atoms with Gasteiger partial charge < -0.3 is 4.74 Å². The molecular weight excluding hydrogens is 206 g/mol. The fourth-order valence-electron chi connectivity index (χ4n) is 3.05. The Balaban J connectivity index is 2.12. The fraction of sp³-hybridized carbons (Fsp3) is 0.833. The monoisotopic (exact) mass is 225 g/mol. The van der Waals surface area contributed by atoms with Crippen LogP contribution in [0.5, 0.6) is 0 Å². The zero-order valence-electron chi connectivity index (χ0n) is 9.91. The van der Waals surface area contributed by atoms with Crippen molar-refractivity contribution >= 4 is 11.8 Å². The van der Waals surface area contributed by atoms with Gasteiger partial charge in [-0.25, -0.2) is 0 Å². The third-order valence-corrected chi connectivity index (χ3v) is 4.35. The Kier molecular flexibility index (Phi) is 3.02. The number of imide groups is 1. The van der Waals surface area contributed by atoms with Crippen LogP contribution >= 0.6 is 0 Å². The highest BCUT2D eigenvalue weighted by Gasteiger charge is 2.47. The molecule has 1 spiro atoms. The second-order valence-electron chi connectivity index (χ2n) is 5.11. The van der Waals surface area contributed by atoms with Crippen LogP contribution in [0.3, 0.4) is 0 Å². The van der Waals surface area contributed by atoms with Crippen LogP contribution < -0.4 is 5.32 Å². The van der Waals surface area contributed by atoms with Crippen LogP contribution in [0.2, 0.25) is 0 Å². The molecule has 0 bridgehead atoms. The molecule has 1 unspecified atom stereocenters. The third kappa shape index (κ3) is 1.86. The molecule has 1 saturated heterocycles. The van der Waals surface area contributed by atoms with Crippen molar-refractivity contribution in [2.24, 2.45) is 11.3 Å². The van der Waals surface area contributed by atoms with E-state index in [1.54, 1.807) is 7.11 Å². The predicted octanol–water partition coefficient (Wildman–Crippen LogP) is 1.24. The van der Waals surface area contributed by atoms with Gasteiger partial charge in [-0.15, -0.1) is 0 Å². The van der Waals surface area contributed by atoms with E-state index in [0.717, 1.165) is 25.7 Å². The van der Waals surface area contributed by atoms with Crippen LogP contribution in [0, 0.1) is 11.3 Å². The molecule has 0 aromatic carbocycles. The van der Waals surface area contributed by atoms with Crippen molar-refractivity contribution in [2.45, 2.75) is 45.1 Å². The highest BCUT2D eigenvalue weighted by molar-refractivity contribution is 5.99. The molecule has 2 aliphatic rings. The molecule has 0 radical (unpaired) electrons. The smallest absolute Gasteiger partial charge is 0.229 e. The number of piperidine rings is 1. The summed E-state index contributed by atoms with van der Waals surface area (Å²) in [5.74, 6) is -0.269. The standard InChI is InChI=1S/C12H19NO3/c1-8-11(15)13-10(14)7-12(8)5-3-9(16-2)4-6-12/h8-9H,3-7H2,1-2H3,(H,13,14,15). The Bertz CT molecular complexity index is 305. The number of hydrogen-bond donors (Lipinski definition) is 1. The summed E-state index contributed by atoms with van der Waals surface area (Å²) in [4.78, 5) is 23.1. The van der Waals surface area contributed by atoms with Gasteiger partial charge in [0.2, 0.25) is 11.8 Å². The van der Waals surface area contributed by atoms with Crippen molar-refractivity contribution in [2.75, 3.05) is 7.11 Å². The Morgan fingerprint density at radius 2 is 1.94 bits per heavy atom. The summed E-state index contributed by atoms with van der Waals surface area (Å²) < 4.78 is 5.33. The van der Waals surface area contributed by atoms with Crippen LogP contribution in [-0.4, -0.2) is 25.0 Å². The molecule has 2 fully saturated rings. The van der Waals surface area contributed by atoms with Crippen molar-refractivity contribution in [3.05, 3.63) is 0 Å². The molecule has 1 aliphatic heterocycles. The van der Waals surface area contributed by atoms with Gasteiger partial charge in [0.15, 0.2) is 0 Å². The third-order valence-electron chi connectivity index (χ3n) is 4.35. The average molecular weight is 225 g/mol. The number of amides is 2. The summed E-state index contributed by atoms with van der Waals surface area (Å²) in [6, 6.07) is 0. The minimum atomic E-state index is -0.112. The largest absolute Gasteiger partial charge is 0.381 e. The summed E-state index contributed by atoms with van der Waals surface area (Å²) in [6.07, 6.45) is 4.56. The topological polar surface area (TPSA) is 55.4 Å². The van der Waals surface area contributed by atoms with Gasteiger partial charge in [0.25, 0.3) is 0 Å². The summed E-state index contributed by atoms with van der Waals surface area (Å²) in [6.45, 7) is 1.94. The van der Waals surface area contributed by atoms with Gasteiger partial charge in [-0.2, -0.15) is 0 Å². The van der Waals surface area contributed by atoms with Crippen LogP contribution in [0.1, 0.15) is 39.0 Å². The Morgan fingerprint density at radius 1 is 1.31 bits per heavy atom. The molecule has 1 heterocycles. The second kappa shape index (κ2) is 4.17. The van der Waals surface area contributed by atoms with E-state index in [4.69, 9.17) is 4.74 Å². The number of carbonyl (C=O) groups is 2. The van der Waals surface area contributed by atoms with E-state index in [9.17, 15) is 9.59 Å². The van der Waals surface area contributed by atoms with Crippen LogP contribution in [0.4, 0.5) is 0 Å². The van der Waals surface area contributed by atoms with Crippen LogP contribution in [0.25, 0.3) is 0 Å². The zero-order chi connectivity index (χ0) is 11.8. The maximum absolute atomic E-state index is 11.7. The minimum Gasteiger partial charge on any atom is -0.381 e. The summed E-state index contributed by atoms with van der Waals surface area (Å²) >= 11 is 0. The number of ether oxygens (including phenoxy) is 1. The summed E-state index contributed by atoms with van der Waals surface area (Å²) in [7, 11) is 1.73. The van der Waals surface area contributed by atoms with Gasteiger partial charge in [-0.3, -0.25) is 14.9 Å². The summed E-state index contributed by atoms with van der Waals surface area (Å²) in [5, 5.41) is 2.42. The molecule has 1 saturated carbocycles. The van der Waals surface area contributed by atoms with Gasteiger partial charge in [0.1, 0.15) is 0 Å². The number of nitrogens with one attached hydrogen (secondary N) is 1. The van der Waals surface area contributed by atoms with Gasteiger partial charge >= 0.3 is 0 Å². The summed E-state index contributed by atoms with van der Waals surface area (Å²) in [5.41, 5.74) is -0.103. The van der Waals surface area contributed by atoms with Crippen molar-refractivity contribution in [3.8, 4) is 0 Å². The quantitative estimate of drug-likeness (QED) is 0.683. The normalized spacial score (nSPS) is 39.9. The number of methoxy groups -OCH3 is 1. The second-order valence-corrected chi connectivity index (χ2v) is 5.11. The van der Waals surface area contributed by atoms with E-state index >= 15 is 0 Å². The molecule has 1 N–H and O–H groups in total. The molecular formula is C12H19NO3. The SMILES string of the molecule is COC1CCC2(CC1)CC(=O)NC(=O)C2C. The molecule has 2 amide bonds. The molecule has 2 rings (SSSR count). The average Bonchev–Trinajstić information content (AvgIpc) is 2.27. The molecule has 4 heteroatoms. The first kappa shape index (κ1) is 11.6. The lowest BCUT2D eigenvalue weighted by atomic mass is 9.62. The molecule has 16 heavy (non-hydrogen) atoms. The van der Waals surface area contributed by atoms with Gasteiger partial charge in [-0.1, -0.05) is 6.92 Å². The van der Waals surface area contributed by atoms with Gasteiger partial charge in [-0.05, 0) is 31.1 Å². The fourth-order valence-corrected chi connectivity index (χ4v) is 3.05.